The molecule has 0 atom stereocenters. The third-order valence-corrected chi connectivity index (χ3v) is 5.27. The number of aromatic nitrogens is 1. The zero-order chi connectivity index (χ0) is 18.5. The van der Waals surface area contributed by atoms with Crippen LogP contribution in [0.25, 0.3) is 10.2 Å². The molecule has 5 heteroatoms. The van der Waals surface area contributed by atoms with Crippen LogP contribution in [0.5, 0.6) is 5.75 Å². The van der Waals surface area contributed by atoms with Gasteiger partial charge in [-0.1, -0.05) is 65.9 Å². The van der Waals surface area contributed by atoms with Gasteiger partial charge in [0.2, 0.25) is 4.80 Å². The molecule has 0 bridgehead atoms. The van der Waals surface area contributed by atoms with Gasteiger partial charge in [-0.3, -0.25) is 0 Å². The van der Waals surface area contributed by atoms with Crippen LogP contribution in [0.3, 0.4) is 0 Å². The summed E-state index contributed by atoms with van der Waals surface area (Å²) in [5.74, 6) is 0.815. The Balaban J connectivity index is 1.49. The van der Waals surface area contributed by atoms with Crippen molar-refractivity contribution in [2.24, 2.45) is 17.3 Å². The largest absolute Gasteiger partial charge is 0.489 e. The van der Waals surface area contributed by atoms with Gasteiger partial charge in [0.25, 0.3) is 0 Å². The van der Waals surface area contributed by atoms with Crippen LogP contribution < -0.4 is 9.54 Å². The standard InChI is InChI=1S/C22H19N3OS/c1-25-20-12-5-6-13-21(20)27-22(25)24-23-15-18-10-7-11-19(14-18)26-16-17-8-3-2-4-9-17/h2-15H,16H2,1H3. The van der Waals surface area contributed by atoms with Gasteiger partial charge in [0.05, 0.1) is 16.4 Å². The van der Waals surface area contributed by atoms with Crippen molar-refractivity contribution < 1.29 is 4.74 Å². The molecule has 4 aromatic rings. The Morgan fingerprint density at radius 2 is 1.78 bits per heavy atom. The molecule has 0 unspecified atom stereocenters. The third-order valence-electron chi connectivity index (χ3n) is 4.17. The molecule has 1 heterocycles. The number of benzene rings is 3. The maximum absolute atomic E-state index is 5.86. The van der Waals surface area contributed by atoms with E-state index in [-0.39, 0.29) is 0 Å². The first-order chi connectivity index (χ1) is 13.3. The number of hydrogen-bond acceptors (Lipinski definition) is 4. The summed E-state index contributed by atoms with van der Waals surface area (Å²) in [7, 11) is 2.01. The van der Waals surface area contributed by atoms with Crippen molar-refractivity contribution in [2.45, 2.75) is 6.61 Å². The summed E-state index contributed by atoms with van der Waals surface area (Å²) >= 11 is 1.63. The number of para-hydroxylation sites is 1. The molecule has 0 aliphatic carbocycles. The Morgan fingerprint density at radius 1 is 0.963 bits per heavy atom. The van der Waals surface area contributed by atoms with Crippen molar-refractivity contribution in [1.82, 2.24) is 4.57 Å². The molecule has 0 N–H and O–H groups in total. The van der Waals surface area contributed by atoms with E-state index >= 15 is 0 Å². The van der Waals surface area contributed by atoms with Crippen molar-refractivity contribution in [3.05, 3.63) is 94.8 Å². The van der Waals surface area contributed by atoms with Gasteiger partial charge in [-0.25, -0.2) is 0 Å². The van der Waals surface area contributed by atoms with Gasteiger partial charge in [-0.2, -0.15) is 5.10 Å². The van der Waals surface area contributed by atoms with E-state index in [1.54, 1.807) is 17.6 Å². The Morgan fingerprint density at radius 3 is 2.63 bits per heavy atom. The van der Waals surface area contributed by atoms with Gasteiger partial charge in [-0.15, -0.1) is 5.10 Å². The third kappa shape index (κ3) is 4.15. The normalized spacial score (nSPS) is 12.1. The summed E-state index contributed by atoms with van der Waals surface area (Å²) in [6, 6.07) is 26.2. The molecule has 4 nitrogen and oxygen atoms in total. The van der Waals surface area contributed by atoms with Crippen LogP contribution in [0, 0.1) is 0 Å². The van der Waals surface area contributed by atoms with Crippen molar-refractivity contribution in [3.63, 3.8) is 0 Å². The molecule has 0 radical (unpaired) electrons. The quantitative estimate of drug-likeness (QED) is 0.367. The minimum absolute atomic E-state index is 0.545. The summed E-state index contributed by atoms with van der Waals surface area (Å²) in [4.78, 5) is 0.865. The summed E-state index contributed by atoms with van der Waals surface area (Å²) < 4.78 is 9.11. The lowest BCUT2D eigenvalue weighted by atomic mass is 10.2. The lowest BCUT2D eigenvalue weighted by Crippen LogP contribution is -2.08. The minimum Gasteiger partial charge on any atom is -0.489 e. The lowest BCUT2D eigenvalue weighted by Gasteiger charge is -2.06. The predicted octanol–water partition coefficient (Wildman–Crippen LogP) is 4.75. The minimum atomic E-state index is 0.545. The number of ether oxygens (including phenoxy) is 1. The lowest BCUT2D eigenvalue weighted by molar-refractivity contribution is 0.306. The number of thiazole rings is 1. The zero-order valence-corrected chi connectivity index (χ0v) is 15.8. The molecule has 0 amide bonds. The Bertz CT molecular complexity index is 1140. The molecule has 0 aliphatic heterocycles. The van der Waals surface area contributed by atoms with E-state index in [2.05, 4.69) is 39.0 Å². The predicted molar refractivity (Wildman–Crippen MR) is 111 cm³/mol. The number of nitrogens with zero attached hydrogens (tertiary/aromatic N) is 3. The number of rotatable bonds is 5. The molecule has 1 aromatic heterocycles. The van der Waals surface area contributed by atoms with Crippen molar-refractivity contribution in [3.8, 4) is 5.75 Å². The molecule has 134 valence electrons. The van der Waals surface area contributed by atoms with Gasteiger partial charge in [-0.05, 0) is 35.4 Å². The number of hydrogen-bond donors (Lipinski definition) is 0. The maximum atomic E-state index is 5.86. The van der Waals surface area contributed by atoms with Crippen LogP contribution >= 0.6 is 11.3 Å². The fourth-order valence-corrected chi connectivity index (χ4v) is 3.72. The zero-order valence-electron chi connectivity index (χ0n) is 14.9. The molecule has 0 spiro atoms. The SMILES string of the molecule is Cn1c(=NN=Cc2cccc(OCc3ccccc3)c2)sc2ccccc21. The molecular weight excluding hydrogens is 354 g/mol. The van der Waals surface area contributed by atoms with Crippen LogP contribution in [-0.2, 0) is 13.7 Å². The first-order valence-corrected chi connectivity index (χ1v) is 9.50. The highest BCUT2D eigenvalue weighted by Crippen LogP contribution is 2.16. The van der Waals surface area contributed by atoms with E-state index < -0.39 is 0 Å². The van der Waals surface area contributed by atoms with E-state index in [4.69, 9.17) is 4.74 Å². The number of aryl methyl sites for hydroxylation is 1. The van der Waals surface area contributed by atoms with Crippen LogP contribution in [0.4, 0.5) is 0 Å². The first kappa shape index (κ1) is 17.2. The highest BCUT2D eigenvalue weighted by Gasteiger charge is 2.00. The van der Waals surface area contributed by atoms with Gasteiger partial charge in [0.15, 0.2) is 0 Å². The second-order valence-corrected chi connectivity index (χ2v) is 7.11. The van der Waals surface area contributed by atoms with Gasteiger partial charge in [0.1, 0.15) is 12.4 Å². The fourth-order valence-electron chi connectivity index (χ4n) is 2.75. The van der Waals surface area contributed by atoms with Crippen molar-refractivity contribution >= 4 is 27.8 Å². The van der Waals surface area contributed by atoms with Crippen LogP contribution in [-0.4, -0.2) is 10.8 Å². The average molecular weight is 373 g/mol. The fraction of sp³-hybridized carbons (Fsp3) is 0.0909. The van der Waals surface area contributed by atoms with E-state index in [1.165, 1.54) is 4.70 Å². The molecule has 3 aromatic carbocycles. The van der Waals surface area contributed by atoms with Crippen molar-refractivity contribution in [2.75, 3.05) is 0 Å². The van der Waals surface area contributed by atoms with Gasteiger partial charge < -0.3 is 9.30 Å². The molecule has 0 saturated carbocycles. The molecule has 0 fully saturated rings. The van der Waals surface area contributed by atoms with Crippen LogP contribution in [0.1, 0.15) is 11.1 Å². The topological polar surface area (TPSA) is 38.9 Å². The molecule has 0 aliphatic rings. The maximum Gasteiger partial charge on any atom is 0.211 e. The van der Waals surface area contributed by atoms with Crippen LogP contribution in [0.2, 0.25) is 0 Å². The molecular formula is C22H19N3OS. The Kier molecular flexibility index (Phi) is 5.12. The summed E-state index contributed by atoms with van der Waals surface area (Å²) in [6.07, 6.45) is 1.75. The molecule has 4 rings (SSSR count). The second kappa shape index (κ2) is 8.01. The van der Waals surface area contributed by atoms with E-state index in [0.29, 0.717) is 6.61 Å². The van der Waals surface area contributed by atoms with Gasteiger partial charge in [0, 0.05) is 7.05 Å². The summed E-state index contributed by atoms with van der Waals surface area (Å²) in [6.45, 7) is 0.545. The van der Waals surface area contributed by atoms with E-state index in [0.717, 1.165) is 27.2 Å². The second-order valence-electron chi connectivity index (χ2n) is 6.10. The Hall–Kier alpha value is -3.18. The smallest absolute Gasteiger partial charge is 0.211 e. The molecule has 0 saturated heterocycles. The highest BCUT2D eigenvalue weighted by molar-refractivity contribution is 7.16. The van der Waals surface area contributed by atoms with Crippen LogP contribution in [0.15, 0.2) is 89.1 Å². The average Bonchev–Trinajstić information content (AvgIpc) is 3.04. The van der Waals surface area contributed by atoms with Crippen molar-refractivity contribution in [1.29, 1.82) is 0 Å². The Labute approximate surface area is 161 Å². The number of fused-ring (bicyclic) bond motifs is 1. The summed E-state index contributed by atoms with van der Waals surface area (Å²) in [5.41, 5.74) is 3.25. The molecule has 27 heavy (non-hydrogen) atoms. The van der Waals surface area contributed by atoms with Gasteiger partial charge >= 0.3 is 0 Å². The summed E-state index contributed by atoms with van der Waals surface area (Å²) in [5, 5.41) is 8.63. The monoisotopic (exact) mass is 373 g/mol. The van der Waals surface area contributed by atoms with E-state index in [1.807, 2.05) is 61.6 Å². The first-order valence-electron chi connectivity index (χ1n) is 8.68. The van der Waals surface area contributed by atoms with E-state index in [9.17, 15) is 0 Å². The highest BCUT2D eigenvalue weighted by atomic mass is 32.1.